The van der Waals surface area contributed by atoms with E-state index in [0.29, 0.717) is 0 Å². The van der Waals surface area contributed by atoms with Crippen molar-refractivity contribution < 1.29 is 9.53 Å². The third-order valence-corrected chi connectivity index (χ3v) is 2.85. The topological polar surface area (TPSA) is 29.5 Å². The molecule has 0 radical (unpaired) electrons. The molecule has 0 spiro atoms. The van der Waals surface area contributed by atoms with Crippen LogP contribution < -0.4 is 4.74 Å². The van der Waals surface area contributed by atoms with E-state index < -0.39 is 0 Å². The Kier molecular flexibility index (Phi) is 5.20. The van der Waals surface area contributed by atoms with Crippen LogP contribution in [0.4, 0.5) is 0 Å². The van der Waals surface area contributed by atoms with Crippen LogP contribution in [0.1, 0.15) is 33.3 Å². The molecular formula is C15H23NO2. The number of amides is 1. The molecule has 0 saturated carbocycles. The number of ether oxygens (including phenoxy) is 1. The molecule has 0 N–H and O–H groups in total. The third kappa shape index (κ3) is 3.76. The Morgan fingerprint density at radius 3 is 2.22 bits per heavy atom. The Morgan fingerprint density at radius 2 is 1.72 bits per heavy atom. The van der Waals surface area contributed by atoms with Crippen molar-refractivity contribution in [3.05, 3.63) is 29.8 Å². The van der Waals surface area contributed by atoms with Crippen LogP contribution in [0.3, 0.4) is 0 Å². The molecule has 0 saturated heterocycles. The molecule has 0 bridgehead atoms. The Hall–Kier alpha value is -1.51. The largest absolute Gasteiger partial charge is 0.484 e. The lowest BCUT2D eigenvalue weighted by Crippen LogP contribution is -2.44. The highest BCUT2D eigenvalue weighted by molar-refractivity contribution is 5.78. The van der Waals surface area contributed by atoms with Crippen molar-refractivity contribution in [2.45, 2.75) is 46.7 Å². The lowest BCUT2D eigenvalue weighted by Gasteiger charge is -2.30. The third-order valence-electron chi connectivity index (χ3n) is 2.85. The van der Waals surface area contributed by atoms with E-state index in [4.69, 9.17) is 4.74 Å². The summed E-state index contributed by atoms with van der Waals surface area (Å²) >= 11 is 0. The summed E-state index contributed by atoms with van der Waals surface area (Å²) in [5.41, 5.74) is 1.05. The van der Waals surface area contributed by atoms with Crippen molar-refractivity contribution in [1.29, 1.82) is 0 Å². The Balaban J connectivity index is 2.63. The molecule has 0 unspecified atom stereocenters. The van der Waals surface area contributed by atoms with E-state index in [2.05, 4.69) is 0 Å². The van der Waals surface area contributed by atoms with Gasteiger partial charge in [0.05, 0.1) is 0 Å². The molecule has 100 valence electrons. The van der Waals surface area contributed by atoms with Gasteiger partial charge in [-0.3, -0.25) is 4.79 Å². The number of nitrogens with zero attached hydrogens (tertiary/aromatic N) is 1. The number of benzene rings is 1. The second-order valence-electron chi connectivity index (χ2n) is 5.04. The molecule has 1 amide bonds. The highest BCUT2D eigenvalue weighted by Crippen LogP contribution is 2.16. The summed E-state index contributed by atoms with van der Waals surface area (Å²) in [4.78, 5) is 14.0. The van der Waals surface area contributed by atoms with Gasteiger partial charge in [-0.15, -0.1) is 0 Å². The van der Waals surface area contributed by atoms with Gasteiger partial charge in [-0.25, -0.2) is 0 Å². The van der Waals surface area contributed by atoms with Crippen LogP contribution >= 0.6 is 0 Å². The zero-order chi connectivity index (χ0) is 13.7. The summed E-state index contributed by atoms with van der Waals surface area (Å²) in [6, 6.07) is 8.12. The van der Waals surface area contributed by atoms with Crippen molar-refractivity contribution in [1.82, 2.24) is 4.90 Å². The molecule has 0 atom stereocenters. The summed E-state index contributed by atoms with van der Waals surface area (Å²) in [5.74, 6) is 0.807. The lowest BCUT2D eigenvalue weighted by molar-refractivity contribution is -0.136. The highest BCUT2D eigenvalue weighted by Gasteiger charge is 2.20. The Bertz CT molecular complexity index is 391. The molecule has 0 heterocycles. The van der Waals surface area contributed by atoms with Crippen LogP contribution in [-0.2, 0) is 4.79 Å². The quantitative estimate of drug-likeness (QED) is 0.802. The minimum Gasteiger partial charge on any atom is -0.484 e. The van der Waals surface area contributed by atoms with Crippen LogP contribution in [0, 0.1) is 6.92 Å². The van der Waals surface area contributed by atoms with Crippen molar-refractivity contribution in [2.24, 2.45) is 0 Å². The SMILES string of the molecule is Cc1ccccc1OCC(=O)N(C(C)C)C(C)C. The van der Waals surface area contributed by atoms with Crippen LogP contribution in [0.15, 0.2) is 24.3 Å². The molecule has 0 aliphatic heterocycles. The molecule has 1 rings (SSSR count). The van der Waals surface area contributed by atoms with E-state index in [1.54, 1.807) is 0 Å². The van der Waals surface area contributed by atoms with Gasteiger partial charge >= 0.3 is 0 Å². The van der Waals surface area contributed by atoms with Crippen molar-refractivity contribution in [3.63, 3.8) is 0 Å². The average molecular weight is 249 g/mol. The first-order chi connectivity index (χ1) is 8.43. The summed E-state index contributed by atoms with van der Waals surface area (Å²) in [7, 11) is 0. The fraction of sp³-hybridized carbons (Fsp3) is 0.533. The van der Waals surface area contributed by atoms with Gasteiger partial charge in [-0.1, -0.05) is 18.2 Å². The lowest BCUT2D eigenvalue weighted by atomic mass is 10.2. The number of aryl methyl sites for hydroxylation is 1. The van der Waals surface area contributed by atoms with Crippen LogP contribution in [-0.4, -0.2) is 29.5 Å². The summed E-state index contributed by atoms with van der Waals surface area (Å²) < 4.78 is 5.59. The Morgan fingerprint density at radius 1 is 1.17 bits per heavy atom. The van der Waals surface area contributed by atoms with E-state index >= 15 is 0 Å². The molecule has 1 aromatic carbocycles. The van der Waals surface area contributed by atoms with Crippen LogP contribution in [0.2, 0.25) is 0 Å². The van der Waals surface area contributed by atoms with Gasteiger partial charge in [-0.05, 0) is 46.2 Å². The van der Waals surface area contributed by atoms with Crippen LogP contribution in [0.25, 0.3) is 0 Å². The van der Waals surface area contributed by atoms with E-state index in [1.165, 1.54) is 0 Å². The maximum Gasteiger partial charge on any atom is 0.260 e. The fourth-order valence-corrected chi connectivity index (χ4v) is 2.10. The fourth-order valence-electron chi connectivity index (χ4n) is 2.10. The molecule has 0 aliphatic rings. The normalized spacial score (nSPS) is 10.8. The number of para-hydroxylation sites is 1. The number of carbonyl (C=O) groups excluding carboxylic acids is 1. The highest BCUT2D eigenvalue weighted by atomic mass is 16.5. The van der Waals surface area contributed by atoms with Crippen molar-refractivity contribution in [2.75, 3.05) is 6.61 Å². The molecule has 18 heavy (non-hydrogen) atoms. The second kappa shape index (κ2) is 6.43. The minimum absolute atomic E-state index is 0.0308. The maximum atomic E-state index is 12.1. The molecule has 3 heteroatoms. The van der Waals surface area contributed by atoms with Crippen molar-refractivity contribution in [3.8, 4) is 5.75 Å². The Labute approximate surface area is 110 Å². The molecular weight excluding hydrogens is 226 g/mol. The van der Waals surface area contributed by atoms with Gasteiger partial charge in [-0.2, -0.15) is 0 Å². The number of hydrogen-bond donors (Lipinski definition) is 0. The first-order valence-electron chi connectivity index (χ1n) is 6.43. The molecule has 0 fully saturated rings. The first kappa shape index (κ1) is 14.6. The van der Waals surface area contributed by atoms with Gasteiger partial charge in [0.1, 0.15) is 5.75 Å². The van der Waals surface area contributed by atoms with Crippen molar-refractivity contribution >= 4 is 5.91 Å². The van der Waals surface area contributed by atoms with Gasteiger partial charge < -0.3 is 9.64 Å². The van der Waals surface area contributed by atoms with Gasteiger partial charge in [0.15, 0.2) is 6.61 Å². The number of hydrogen-bond acceptors (Lipinski definition) is 2. The average Bonchev–Trinajstić information content (AvgIpc) is 2.27. The summed E-state index contributed by atoms with van der Waals surface area (Å²) in [5, 5.41) is 0. The van der Waals surface area contributed by atoms with Crippen LogP contribution in [0.5, 0.6) is 5.75 Å². The molecule has 0 aromatic heterocycles. The molecule has 3 nitrogen and oxygen atoms in total. The molecule has 0 aliphatic carbocycles. The number of rotatable bonds is 5. The first-order valence-corrected chi connectivity index (χ1v) is 6.43. The minimum atomic E-state index is 0.0308. The van der Waals surface area contributed by atoms with E-state index in [-0.39, 0.29) is 24.6 Å². The predicted octanol–water partition coefficient (Wildman–Crippen LogP) is 3.02. The molecule has 1 aromatic rings. The van der Waals surface area contributed by atoms with E-state index in [1.807, 2.05) is 63.8 Å². The van der Waals surface area contributed by atoms with Gasteiger partial charge in [0, 0.05) is 12.1 Å². The zero-order valence-corrected chi connectivity index (χ0v) is 11.9. The monoisotopic (exact) mass is 249 g/mol. The zero-order valence-electron chi connectivity index (χ0n) is 11.9. The second-order valence-corrected chi connectivity index (χ2v) is 5.04. The summed E-state index contributed by atoms with van der Waals surface area (Å²) in [6.45, 7) is 10.2. The van der Waals surface area contributed by atoms with E-state index in [0.717, 1.165) is 11.3 Å². The predicted molar refractivity (Wildman–Crippen MR) is 73.8 cm³/mol. The smallest absolute Gasteiger partial charge is 0.260 e. The summed E-state index contributed by atoms with van der Waals surface area (Å²) in [6.07, 6.45) is 0. The maximum absolute atomic E-state index is 12.1. The standard InChI is InChI=1S/C15H23NO2/c1-11(2)16(12(3)4)15(17)10-18-14-9-7-6-8-13(14)5/h6-9,11-12H,10H2,1-5H3. The van der Waals surface area contributed by atoms with Gasteiger partial charge in [0.25, 0.3) is 5.91 Å². The van der Waals surface area contributed by atoms with Gasteiger partial charge in [0.2, 0.25) is 0 Å². The number of carbonyl (C=O) groups is 1. The van der Waals surface area contributed by atoms with E-state index in [9.17, 15) is 4.79 Å².